The fourth-order valence-corrected chi connectivity index (χ4v) is 1.57. The summed E-state index contributed by atoms with van der Waals surface area (Å²) in [6.45, 7) is 6.49. The largest absolute Gasteiger partial charge is 0.370 e. The first-order valence-corrected chi connectivity index (χ1v) is 6.17. The third-order valence-electron chi connectivity index (χ3n) is 3.00. The molecule has 1 atom stereocenters. The molecule has 0 aliphatic carbocycles. The normalized spacial score (nSPS) is 12.1. The number of carbonyl (C=O) groups excluding carboxylic acids is 1. The standard InChI is InChI=1S/C13H20FN3O/c1-5-9(3)17(4)13(18)11-7-10(14)8-16-12(11)15-6-2/h7-9H,5-6H2,1-4H3,(H,15,16). The molecule has 1 unspecified atom stereocenters. The van der Waals surface area contributed by atoms with Crippen molar-refractivity contribution >= 4 is 11.7 Å². The molecule has 5 heteroatoms. The maximum absolute atomic E-state index is 13.2. The Morgan fingerprint density at radius 3 is 2.78 bits per heavy atom. The SMILES string of the molecule is CCNc1ncc(F)cc1C(=O)N(C)C(C)CC. The molecule has 18 heavy (non-hydrogen) atoms. The highest BCUT2D eigenvalue weighted by atomic mass is 19.1. The number of nitrogens with one attached hydrogen (secondary N) is 1. The molecular weight excluding hydrogens is 233 g/mol. The summed E-state index contributed by atoms with van der Waals surface area (Å²) in [7, 11) is 1.72. The molecule has 1 heterocycles. The smallest absolute Gasteiger partial charge is 0.257 e. The van der Waals surface area contributed by atoms with Crippen molar-refractivity contribution in [1.82, 2.24) is 9.88 Å². The topological polar surface area (TPSA) is 45.2 Å². The number of aromatic nitrogens is 1. The van der Waals surface area contributed by atoms with Crippen molar-refractivity contribution in [2.75, 3.05) is 18.9 Å². The van der Waals surface area contributed by atoms with Crippen LogP contribution < -0.4 is 5.32 Å². The molecule has 100 valence electrons. The molecule has 0 fully saturated rings. The first-order valence-electron chi connectivity index (χ1n) is 6.17. The molecule has 0 saturated carbocycles. The molecule has 1 N–H and O–H groups in total. The summed E-state index contributed by atoms with van der Waals surface area (Å²) < 4.78 is 13.2. The van der Waals surface area contributed by atoms with Gasteiger partial charge in [0.25, 0.3) is 5.91 Å². The Morgan fingerprint density at radius 1 is 1.56 bits per heavy atom. The molecule has 1 rings (SSSR count). The maximum Gasteiger partial charge on any atom is 0.257 e. The van der Waals surface area contributed by atoms with E-state index in [0.29, 0.717) is 12.4 Å². The van der Waals surface area contributed by atoms with Crippen LogP contribution in [-0.4, -0.2) is 35.4 Å². The van der Waals surface area contributed by atoms with Crippen LogP contribution in [0.4, 0.5) is 10.2 Å². The maximum atomic E-state index is 13.2. The van der Waals surface area contributed by atoms with Gasteiger partial charge in [-0.3, -0.25) is 4.79 Å². The molecule has 0 bridgehead atoms. The number of carbonyl (C=O) groups is 1. The van der Waals surface area contributed by atoms with Gasteiger partial charge in [0, 0.05) is 19.6 Å². The third-order valence-corrected chi connectivity index (χ3v) is 3.00. The summed E-state index contributed by atoms with van der Waals surface area (Å²) in [5.74, 6) is -0.288. The molecular formula is C13H20FN3O. The Balaban J connectivity index is 3.06. The monoisotopic (exact) mass is 253 g/mol. The average Bonchev–Trinajstić information content (AvgIpc) is 2.38. The fraction of sp³-hybridized carbons (Fsp3) is 0.538. The third kappa shape index (κ3) is 3.18. The number of hydrogen-bond acceptors (Lipinski definition) is 3. The summed E-state index contributed by atoms with van der Waals surface area (Å²) >= 11 is 0. The van der Waals surface area contributed by atoms with Crippen LogP contribution in [0.3, 0.4) is 0 Å². The van der Waals surface area contributed by atoms with Crippen molar-refractivity contribution in [3.05, 3.63) is 23.6 Å². The molecule has 0 aromatic carbocycles. The van der Waals surface area contributed by atoms with Crippen molar-refractivity contribution in [3.8, 4) is 0 Å². The van der Waals surface area contributed by atoms with Gasteiger partial charge < -0.3 is 10.2 Å². The van der Waals surface area contributed by atoms with Gasteiger partial charge in [-0.1, -0.05) is 6.92 Å². The average molecular weight is 253 g/mol. The molecule has 0 saturated heterocycles. The lowest BCUT2D eigenvalue weighted by Crippen LogP contribution is -2.35. The Kier molecular flexibility index (Phi) is 5.07. The van der Waals surface area contributed by atoms with E-state index in [4.69, 9.17) is 0 Å². The van der Waals surface area contributed by atoms with E-state index in [1.165, 1.54) is 6.07 Å². The van der Waals surface area contributed by atoms with E-state index in [2.05, 4.69) is 10.3 Å². The zero-order valence-corrected chi connectivity index (χ0v) is 11.3. The van der Waals surface area contributed by atoms with E-state index in [1.54, 1.807) is 11.9 Å². The van der Waals surface area contributed by atoms with Crippen molar-refractivity contribution in [2.24, 2.45) is 0 Å². The van der Waals surface area contributed by atoms with Crippen LogP contribution >= 0.6 is 0 Å². The van der Waals surface area contributed by atoms with Gasteiger partial charge in [0.15, 0.2) is 0 Å². The Hall–Kier alpha value is -1.65. The minimum absolute atomic E-state index is 0.107. The first-order chi connectivity index (χ1) is 8.51. The summed E-state index contributed by atoms with van der Waals surface area (Å²) in [5, 5.41) is 2.97. The van der Waals surface area contributed by atoms with Gasteiger partial charge in [0.05, 0.1) is 11.8 Å². The fourth-order valence-electron chi connectivity index (χ4n) is 1.57. The zero-order chi connectivity index (χ0) is 13.7. The second-order valence-electron chi connectivity index (χ2n) is 4.25. The van der Waals surface area contributed by atoms with E-state index in [9.17, 15) is 9.18 Å². The molecule has 0 aliphatic rings. The van der Waals surface area contributed by atoms with Crippen molar-refractivity contribution in [3.63, 3.8) is 0 Å². The number of anilines is 1. The van der Waals surface area contributed by atoms with E-state index >= 15 is 0 Å². The number of pyridine rings is 1. The first kappa shape index (κ1) is 14.4. The summed E-state index contributed by atoms with van der Waals surface area (Å²) in [6, 6.07) is 1.34. The highest BCUT2D eigenvalue weighted by Crippen LogP contribution is 2.17. The second-order valence-corrected chi connectivity index (χ2v) is 4.25. The van der Waals surface area contributed by atoms with Crippen LogP contribution in [0.1, 0.15) is 37.6 Å². The lowest BCUT2D eigenvalue weighted by molar-refractivity contribution is 0.0740. The number of nitrogens with zero attached hydrogens (tertiary/aromatic N) is 2. The molecule has 1 aromatic heterocycles. The van der Waals surface area contributed by atoms with Crippen LogP contribution in [0.15, 0.2) is 12.3 Å². The van der Waals surface area contributed by atoms with Crippen LogP contribution in [0.2, 0.25) is 0 Å². The van der Waals surface area contributed by atoms with Crippen molar-refractivity contribution < 1.29 is 9.18 Å². The molecule has 0 aliphatic heterocycles. The van der Waals surface area contributed by atoms with Crippen LogP contribution in [0.5, 0.6) is 0 Å². The van der Waals surface area contributed by atoms with Gasteiger partial charge in [-0.2, -0.15) is 0 Å². The van der Waals surface area contributed by atoms with Gasteiger partial charge in [0.1, 0.15) is 11.6 Å². The highest BCUT2D eigenvalue weighted by Gasteiger charge is 2.20. The lowest BCUT2D eigenvalue weighted by Gasteiger charge is -2.24. The van der Waals surface area contributed by atoms with Gasteiger partial charge >= 0.3 is 0 Å². The van der Waals surface area contributed by atoms with Gasteiger partial charge in [0.2, 0.25) is 0 Å². The molecule has 4 nitrogen and oxygen atoms in total. The molecule has 0 radical (unpaired) electrons. The van der Waals surface area contributed by atoms with Crippen molar-refractivity contribution in [1.29, 1.82) is 0 Å². The van der Waals surface area contributed by atoms with Gasteiger partial charge in [-0.15, -0.1) is 0 Å². The molecule has 1 aromatic rings. The van der Waals surface area contributed by atoms with Crippen LogP contribution in [-0.2, 0) is 0 Å². The Labute approximate surface area is 107 Å². The molecule has 1 amide bonds. The van der Waals surface area contributed by atoms with E-state index in [0.717, 1.165) is 12.6 Å². The predicted octanol–water partition coefficient (Wildman–Crippen LogP) is 2.52. The van der Waals surface area contributed by atoms with Crippen LogP contribution in [0, 0.1) is 5.82 Å². The summed E-state index contributed by atoms with van der Waals surface area (Å²) in [4.78, 5) is 17.8. The van der Waals surface area contributed by atoms with Gasteiger partial charge in [-0.25, -0.2) is 9.37 Å². The summed E-state index contributed by atoms with van der Waals surface area (Å²) in [5.41, 5.74) is 0.277. The number of hydrogen-bond donors (Lipinski definition) is 1. The Bertz CT molecular complexity index is 423. The quantitative estimate of drug-likeness (QED) is 0.877. The van der Waals surface area contributed by atoms with E-state index in [1.807, 2.05) is 20.8 Å². The van der Waals surface area contributed by atoms with Gasteiger partial charge in [-0.05, 0) is 26.3 Å². The zero-order valence-electron chi connectivity index (χ0n) is 11.3. The lowest BCUT2D eigenvalue weighted by atomic mass is 10.1. The van der Waals surface area contributed by atoms with Crippen LogP contribution in [0.25, 0.3) is 0 Å². The second kappa shape index (κ2) is 6.33. The molecule has 0 spiro atoms. The predicted molar refractivity (Wildman–Crippen MR) is 70.2 cm³/mol. The minimum atomic E-state index is -0.502. The highest BCUT2D eigenvalue weighted by molar-refractivity contribution is 5.98. The summed E-state index contributed by atoms with van der Waals surface area (Å²) in [6.07, 6.45) is 1.96. The minimum Gasteiger partial charge on any atom is -0.370 e. The number of halogens is 1. The number of amides is 1. The number of rotatable bonds is 5. The van der Waals surface area contributed by atoms with Crippen molar-refractivity contribution in [2.45, 2.75) is 33.2 Å². The van der Waals surface area contributed by atoms with E-state index < -0.39 is 5.82 Å². The Morgan fingerprint density at radius 2 is 2.22 bits per heavy atom. The van der Waals surface area contributed by atoms with E-state index in [-0.39, 0.29) is 17.5 Å².